The molecule has 3 heterocycles. The van der Waals surface area contributed by atoms with Gasteiger partial charge in [-0.05, 0) is 42.3 Å². The molecule has 1 aliphatic heterocycles. The Balaban J connectivity index is 1.45. The van der Waals surface area contributed by atoms with Crippen LogP contribution in [0.5, 0.6) is 0 Å². The Morgan fingerprint density at radius 2 is 1.82 bits per heavy atom. The smallest absolute Gasteiger partial charge is 0.253 e. The van der Waals surface area contributed by atoms with Gasteiger partial charge in [-0.2, -0.15) is 0 Å². The van der Waals surface area contributed by atoms with Gasteiger partial charge >= 0.3 is 0 Å². The van der Waals surface area contributed by atoms with Crippen molar-refractivity contribution in [3.05, 3.63) is 100 Å². The molecular formula is C26H23Cl2N5O. The van der Waals surface area contributed by atoms with Crippen molar-refractivity contribution in [2.75, 3.05) is 19.6 Å². The van der Waals surface area contributed by atoms with E-state index >= 15 is 0 Å². The average Bonchev–Trinajstić information content (AvgIpc) is 3.27. The third kappa shape index (κ3) is 4.57. The zero-order valence-electron chi connectivity index (χ0n) is 18.4. The lowest BCUT2D eigenvalue weighted by atomic mass is 10.0. The molecule has 0 radical (unpaired) electrons. The lowest BCUT2D eigenvalue weighted by molar-refractivity contribution is 0.0936. The fraction of sp³-hybridized carbons (Fsp3) is 0.192. The van der Waals surface area contributed by atoms with Crippen molar-refractivity contribution in [3.63, 3.8) is 0 Å². The van der Waals surface area contributed by atoms with Gasteiger partial charge in [-0.1, -0.05) is 53.6 Å². The highest BCUT2D eigenvalue weighted by Crippen LogP contribution is 2.30. The number of carbonyl (C=O) groups is 1. The molecule has 6 nitrogen and oxygen atoms in total. The SMILES string of the molecule is O=C(NCC(c1ccc(Cl)cc1)N1CC=CCC1)c1cn(-c2ncccn2)c2cccc(Cl)c12. The largest absolute Gasteiger partial charge is 0.350 e. The van der Waals surface area contributed by atoms with E-state index in [4.69, 9.17) is 23.2 Å². The van der Waals surface area contributed by atoms with Gasteiger partial charge in [-0.25, -0.2) is 9.97 Å². The van der Waals surface area contributed by atoms with Gasteiger partial charge in [0, 0.05) is 48.6 Å². The zero-order valence-corrected chi connectivity index (χ0v) is 19.9. The fourth-order valence-corrected chi connectivity index (χ4v) is 4.76. The molecule has 5 rings (SSSR count). The number of nitrogens with zero attached hydrogens (tertiary/aromatic N) is 4. The number of halogens is 2. The van der Waals surface area contributed by atoms with Crippen LogP contribution in [-0.2, 0) is 0 Å². The summed E-state index contributed by atoms with van der Waals surface area (Å²) in [6.45, 7) is 2.21. The maximum absolute atomic E-state index is 13.5. The van der Waals surface area contributed by atoms with Crippen LogP contribution in [0.3, 0.4) is 0 Å². The molecule has 0 saturated heterocycles. The molecule has 0 spiro atoms. The standard InChI is InChI=1S/C26H23Cl2N5O/c27-19-10-8-18(9-11-19)23(32-14-2-1-3-15-32)16-31-25(34)20-17-33(26-29-12-5-13-30-26)22-7-4-6-21(28)24(20)22/h1-2,4-13,17,23H,3,14-16H2,(H,31,34). The first kappa shape index (κ1) is 22.6. The Morgan fingerprint density at radius 3 is 2.56 bits per heavy atom. The number of hydrogen-bond donors (Lipinski definition) is 1. The highest BCUT2D eigenvalue weighted by atomic mass is 35.5. The molecule has 1 unspecified atom stereocenters. The predicted molar refractivity (Wildman–Crippen MR) is 136 cm³/mol. The number of aromatic nitrogens is 3. The van der Waals surface area contributed by atoms with Crippen molar-refractivity contribution >= 4 is 40.0 Å². The summed E-state index contributed by atoms with van der Waals surface area (Å²) >= 11 is 12.7. The summed E-state index contributed by atoms with van der Waals surface area (Å²) in [7, 11) is 0. The van der Waals surface area contributed by atoms with Crippen molar-refractivity contribution in [2.24, 2.45) is 0 Å². The van der Waals surface area contributed by atoms with Gasteiger partial charge in [0.15, 0.2) is 0 Å². The molecule has 2 aromatic carbocycles. The van der Waals surface area contributed by atoms with Gasteiger partial charge in [0.1, 0.15) is 0 Å². The van der Waals surface area contributed by atoms with Crippen LogP contribution in [0.4, 0.5) is 0 Å². The van der Waals surface area contributed by atoms with Crippen molar-refractivity contribution in [3.8, 4) is 5.95 Å². The minimum atomic E-state index is -0.195. The Morgan fingerprint density at radius 1 is 1.03 bits per heavy atom. The van der Waals surface area contributed by atoms with Gasteiger partial charge in [0.05, 0.1) is 22.1 Å². The second-order valence-corrected chi connectivity index (χ2v) is 8.97. The van der Waals surface area contributed by atoms with E-state index in [1.807, 2.05) is 36.4 Å². The second kappa shape index (κ2) is 9.97. The van der Waals surface area contributed by atoms with Crippen LogP contribution in [0.15, 0.2) is 79.3 Å². The van der Waals surface area contributed by atoms with Crippen LogP contribution in [0, 0.1) is 0 Å². The number of fused-ring (bicyclic) bond motifs is 1. The second-order valence-electron chi connectivity index (χ2n) is 8.13. The third-order valence-corrected chi connectivity index (χ3v) is 6.60. The first-order valence-electron chi connectivity index (χ1n) is 11.1. The summed E-state index contributed by atoms with van der Waals surface area (Å²) in [4.78, 5) is 24.5. The number of hydrogen-bond acceptors (Lipinski definition) is 4. The Labute approximate surface area is 207 Å². The molecular weight excluding hydrogens is 469 g/mol. The zero-order chi connectivity index (χ0) is 23.5. The highest BCUT2D eigenvalue weighted by Gasteiger charge is 2.24. The van der Waals surface area contributed by atoms with E-state index in [2.05, 4.69) is 32.3 Å². The lowest BCUT2D eigenvalue weighted by Crippen LogP contribution is -2.39. The summed E-state index contributed by atoms with van der Waals surface area (Å²) in [5, 5.41) is 5.02. The molecule has 1 N–H and O–H groups in total. The van der Waals surface area contributed by atoms with Crippen molar-refractivity contribution in [1.82, 2.24) is 24.8 Å². The Kier molecular flexibility index (Phi) is 6.63. The summed E-state index contributed by atoms with van der Waals surface area (Å²) < 4.78 is 1.79. The minimum Gasteiger partial charge on any atom is -0.350 e. The van der Waals surface area contributed by atoms with Crippen LogP contribution >= 0.6 is 23.2 Å². The lowest BCUT2D eigenvalue weighted by Gasteiger charge is -2.33. The van der Waals surface area contributed by atoms with E-state index < -0.39 is 0 Å². The number of amides is 1. The monoisotopic (exact) mass is 491 g/mol. The molecule has 34 heavy (non-hydrogen) atoms. The van der Waals surface area contributed by atoms with E-state index in [0.29, 0.717) is 33.5 Å². The normalized spacial score (nSPS) is 14.9. The van der Waals surface area contributed by atoms with Crippen LogP contribution < -0.4 is 5.32 Å². The van der Waals surface area contributed by atoms with Crippen LogP contribution in [-0.4, -0.2) is 45.0 Å². The molecule has 1 amide bonds. The average molecular weight is 492 g/mol. The van der Waals surface area contributed by atoms with E-state index in [-0.39, 0.29) is 11.9 Å². The third-order valence-electron chi connectivity index (χ3n) is 6.03. The quantitative estimate of drug-likeness (QED) is 0.363. The molecule has 1 atom stereocenters. The molecule has 1 aliphatic rings. The molecule has 0 bridgehead atoms. The van der Waals surface area contributed by atoms with Crippen molar-refractivity contribution < 1.29 is 4.79 Å². The van der Waals surface area contributed by atoms with E-state index in [0.717, 1.165) is 30.6 Å². The van der Waals surface area contributed by atoms with E-state index in [9.17, 15) is 4.79 Å². The highest BCUT2D eigenvalue weighted by molar-refractivity contribution is 6.37. The van der Waals surface area contributed by atoms with Crippen LogP contribution in [0.2, 0.25) is 10.0 Å². The number of carbonyl (C=O) groups excluding carboxylic acids is 1. The van der Waals surface area contributed by atoms with Gasteiger partial charge < -0.3 is 5.32 Å². The van der Waals surface area contributed by atoms with Gasteiger partial charge in [-0.15, -0.1) is 0 Å². The minimum absolute atomic E-state index is 0.0208. The van der Waals surface area contributed by atoms with E-state index in [1.165, 1.54) is 0 Å². The molecule has 0 saturated carbocycles. The molecule has 172 valence electrons. The molecule has 0 aliphatic carbocycles. The van der Waals surface area contributed by atoms with Gasteiger partial charge in [-0.3, -0.25) is 14.3 Å². The summed E-state index contributed by atoms with van der Waals surface area (Å²) in [6.07, 6.45) is 10.4. The maximum atomic E-state index is 13.5. The van der Waals surface area contributed by atoms with Crippen molar-refractivity contribution in [1.29, 1.82) is 0 Å². The Hall–Kier alpha value is -3.19. The van der Waals surface area contributed by atoms with E-state index in [1.54, 1.807) is 35.3 Å². The summed E-state index contributed by atoms with van der Waals surface area (Å²) in [5.41, 5.74) is 2.37. The molecule has 0 fully saturated rings. The van der Waals surface area contributed by atoms with Crippen LogP contribution in [0.25, 0.3) is 16.9 Å². The first-order chi connectivity index (χ1) is 16.6. The number of rotatable bonds is 6. The molecule has 8 heteroatoms. The number of benzene rings is 2. The predicted octanol–water partition coefficient (Wildman–Crippen LogP) is 5.46. The molecule has 2 aromatic heterocycles. The fourth-order valence-electron chi connectivity index (χ4n) is 4.37. The number of nitrogens with one attached hydrogen (secondary N) is 1. The van der Waals surface area contributed by atoms with Crippen molar-refractivity contribution in [2.45, 2.75) is 12.5 Å². The Bertz CT molecular complexity index is 1330. The molecule has 4 aromatic rings. The summed E-state index contributed by atoms with van der Waals surface area (Å²) in [6, 6.07) is 15.1. The first-order valence-corrected chi connectivity index (χ1v) is 11.9. The summed E-state index contributed by atoms with van der Waals surface area (Å²) in [5.74, 6) is 0.284. The maximum Gasteiger partial charge on any atom is 0.253 e. The van der Waals surface area contributed by atoms with Crippen LogP contribution in [0.1, 0.15) is 28.4 Å². The van der Waals surface area contributed by atoms with Gasteiger partial charge in [0.25, 0.3) is 5.91 Å². The van der Waals surface area contributed by atoms with Gasteiger partial charge in [0.2, 0.25) is 5.95 Å². The topological polar surface area (TPSA) is 63.1 Å².